The molecule has 1 unspecified atom stereocenters. The topological polar surface area (TPSA) is 58.3 Å². The molecule has 0 aliphatic heterocycles. The fourth-order valence-corrected chi connectivity index (χ4v) is 1.72. The summed E-state index contributed by atoms with van der Waals surface area (Å²) in [5.41, 5.74) is 7.47. The number of benzene rings is 1. The number of phenolic OH excluding ortho intramolecular Hbond substituents is 1. The van der Waals surface area contributed by atoms with Crippen molar-refractivity contribution in [2.75, 3.05) is 13.1 Å². The van der Waals surface area contributed by atoms with E-state index in [0.717, 1.165) is 37.1 Å². The highest BCUT2D eigenvalue weighted by Crippen LogP contribution is 2.24. The molecule has 0 radical (unpaired) electrons. The third-order valence-electron chi connectivity index (χ3n) is 2.73. The zero-order valence-corrected chi connectivity index (χ0v) is 10.2. The van der Waals surface area contributed by atoms with Crippen molar-refractivity contribution in [1.29, 1.82) is 0 Å². The Kier molecular flexibility index (Phi) is 5.29. The molecule has 0 aromatic heterocycles. The molecule has 3 heteroatoms. The van der Waals surface area contributed by atoms with Gasteiger partial charge < -0.3 is 16.2 Å². The first-order valence-corrected chi connectivity index (χ1v) is 5.88. The van der Waals surface area contributed by atoms with E-state index >= 15 is 0 Å². The van der Waals surface area contributed by atoms with E-state index in [-0.39, 0.29) is 6.04 Å². The second kappa shape index (κ2) is 6.51. The van der Waals surface area contributed by atoms with Crippen LogP contribution in [-0.2, 0) is 0 Å². The third kappa shape index (κ3) is 3.83. The van der Waals surface area contributed by atoms with Crippen molar-refractivity contribution < 1.29 is 5.11 Å². The first kappa shape index (κ1) is 13.0. The molecule has 0 spiro atoms. The van der Waals surface area contributed by atoms with Gasteiger partial charge >= 0.3 is 0 Å². The van der Waals surface area contributed by atoms with Crippen LogP contribution in [0.25, 0.3) is 0 Å². The monoisotopic (exact) mass is 222 g/mol. The second-order valence-corrected chi connectivity index (χ2v) is 4.23. The minimum atomic E-state index is 0.179. The highest BCUT2D eigenvalue weighted by atomic mass is 16.3. The summed E-state index contributed by atoms with van der Waals surface area (Å²) in [5, 5.41) is 13.2. The van der Waals surface area contributed by atoms with Crippen molar-refractivity contribution >= 4 is 0 Å². The molecule has 0 saturated heterocycles. The third-order valence-corrected chi connectivity index (χ3v) is 2.73. The summed E-state index contributed by atoms with van der Waals surface area (Å²) >= 11 is 0. The van der Waals surface area contributed by atoms with Crippen LogP contribution < -0.4 is 11.1 Å². The fraction of sp³-hybridized carbons (Fsp3) is 0.538. The van der Waals surface area contributed by atoms with E-state index < -0.39 is 0 Å². The van der Waals surface area contributed by atoms with E-state index in [1.165, 1.54) is 0 Å². The van der Waals surface area contributed by atoms with Crippen LogP contribution in [0, 0.1) is 6.92 Å². The molecule has 0 bridgehead atoms. The summed E-state index contributed by atoms with van der Waals surface area (Å²) in [4.78, 5) is 0. The van der Waals surface area contributed by atoms with Crippen LogP contribution in [0.15, 0.2) is 18.2 Å². The van der Waals surface area contributed by atoms with Crippen LogP contribution in [0.5, 0.6) is 5.75 Å². The van der Waals surface area contributed by atoms with Gasteiger partial charge in [-0.1, -0.05) is 12.1 Å². The molecule has 90 valence electrons. The molecule has 1 aromatic carbocycles. The number of unbranched alkanes of at least 4 members (excludes halogenated alkanes) is 1. The average Bonchev–Trinajstić information content (AvgIpc) is 2.24. The van der Waals surface area contributed by atoms with Crippen molar-refractivity contribution in [1.82, 2.24) is 5.32 Å². The molecule has 0 saturated carbocycles. The number of hydrogen-bond acceptors (Lipinski definition) is 3. The summed E-state index contributed by atoms with van der Waals surface area (Å²) in [7, 11) is 0. The normalized spacial score (nSPS) is 12.7. The van der Waals surface area contributed by atoms with Gasteiger partial charge in [0.05, 0.1) is 0 Å². The van der Waals surface area contributed by atoms with Crippen molar-refractivity contribution in [2.45, 2.75) is 32.7 Å². The molecular weight excluding hydrogens is 200 g/mol. The summed E-state index contributed by atoms with van der Waals surface area (Å²) in [6.45, 7) is 5.72. The fourth-order valence-electron chi connectivity index (χ4n) is 1.72. The molecule has 0 amide bonds. The number of nitrogens with one attached hydrogen (secondary N) is 1. The minimum Gasteiger partial charge on any atom is -0.508 e. The zero-order chi connectivity index (χ0) is 12.0. The number of phenols is 1. The zero-order valence-electron chi connectivity index (χ0n) is 10.2. The molecule has 0 fully saturated rings. The molecule has 16 heavy (non-hydrogen) atoms. The van der Waals surface area contributed by atoms with Crippen molar-refractivity contribution in [3.8, 4) is 5.75 Å². The molecule has 0 heterocycles. The smallest absolute Gasteiger partial charge is 0.120 e. The van der Waals surface area contributed by atoms with E-state index in [0.29, 0.717) is 5.75 Å². The first-order valence-electron chi connectivity index (χ1n) is 5.88. The molecule has 4 N–H and O–H groups in total. The number of nitrogens with two attached hydrogens (primary N) is 1. The maximum atomic E-state index is 9.80. The standard InChI is InChI=1S/C13H22N2O/c1-10-5-6-12(13(16)9-10)11(2)15-8-4-3-7-14/h5-6,9,11,15-16H,3-4,7-8,14H2,1-2H3. The van der Waals surface area contributed by atoms with Gasteiger partial charge in [0, 0.05) is 11.6 Å². The van der Waals surface area contributed by atoms with Gasteiger partial charge in [0.25, 0.3) is 0 Å². The maximum absolute atomic E-state index is 9.80. The summed E-state index contributed by atoms with van der Waals surface area (Å²) in [6, 6.07) is 5.98. The van der Waals surface area contributed by atoms with Gasteiger partial charge in [-0.15, -0.1) is 0 Å². The lowest BCUT2D eigenvalue weighted by molar-refractivity contribution is 0.450. The van der Waals surface area contributed by atoms with E-state index in [2.05, 4.69) is 12.2 Å². The van der Waals surface area contributed by atoms with Gasteiger partial charge in [-0.2, -0.15) is 0 Å². The van der Waals surface area contributed by atoms with E-state index in [4.69, 9.17) is 5.73 Å². The summed E-state index contributed by atoms with van der Waals surface area (Å²) < 4.78 is 0. The maximum Gasteiger partial charge on any atom is 0.120 e. The minimum absolute atomic E-state index is 0.179. The predicted octanol–water partition coefficient (Wildman–Crippen LogP) is 2.09. The lowest BCUT2D eigenvalue weighted by atomic mass is 10.0. The number of aromatic hydroxyl groups is 1. The Bertz CT molecular complexity index is 326. The Hall–Kier alpha value is -1.06. The Labute approximate surface area is 97.7 Å². The van der Waals surface area contributed by atoms with Crippen LogP contribution in [0.3, 0.4) is 0 Å². The van der Waals surface area contributed by atoms with Gasteiger partial charge in [0.15, 0.2) is 0 Å². The van der Waals surface area contributed by atoms with Gasteiger partial charge in [0.1, 0.15) is 5.75 Å². The molecule has 1 atom stereocenters. The Morgan fingerprint density at radius 3 is 2.75 bits per heavy atom. The van der Waals surface area contributed by atoms with Crippen LogP contribution in [0.2, 0.25) is 0 Å². The van der Waals surface area contributed by atoms with Crippen LogP contribution in [0.1, 0.15) is 36.9 Å². The molecule has 3 nitrogen and oxygen atoms in total. The van der Waals surface area contributed by atoms with Crippen molar-refractivity contribution in [3.05, 3.63) is 29.3 Å². The summed E-state index contributed by atoms with van der Waals surface area (Å²) in [5.74, 6) is 0.374. The predicted molar refractivity (Wildman–Crippen MR) is 67.5 cm³/mol. The van der Waals surface area contributed by atoms with Gasteiger partial charge in [-0.05, 0) is 51.4 Å². The summed E-state index contributed by atoms with van der Waals surface area (Å²) in [6.07, 6.45) is 2.12. The number of aryl methyl sites for hydroxylation is 1. The lowest BCUT2D eigenvalue weighted by Crippen LogP contribution is -2.20. The molecule has 0 aliphatic rings. The van der Waals surface area contributed by atoms with Gasteiger partial charge in [0.2, 0.25) is 0 Å². The number of hydrogen-bond donors (Lipinski definition) is 3. The molecule has 1 aromatic rings. The largest absolute Gasteiger partial charge is 0.508 e. The Balaban J connectivity index is 2.49. The quantitative estimate of drug-likeness (QED) is 0.646. The Morgan fingerprint density at radius 2 is 2.12 bits per heavy atom. The van der Waals surface area contributed by atoms with Crippen LogP contribution in [0.4, 0.5) is 0 Å². The average molecular weight is 222 g/mol. The highest BCUT2D eigenvalue weighted by molar-refractivity contribution is 5.37. The van der Waals surface area contributed by atoms with Gasteiger partial charge in [-0.3, -0.25) is 0 Å². The first-order chi connectivity index (χ1) is 7.65. The SMILES string of the molecule is Cc1ccc(C(C)NCCCCN)c(O)c1. The van der Waals surface area contributed by atoms with E-state index in [9.17, 15) is 5.11 Å². The molecular formula is C13H22N2O. The Morgan fingerprint density at radius 1 is 1.38 bits per heavy atom. The highest BCUT2D eigenvalue weighted by Gasteiger charge is 2.08. The van der Waals surface area contributed by atoms with E-state index in [1.54, 1.807) is 6.07 Å². The van der Waals surface area contributed by atoms with Crippen LogP contribution >= 0.6 is 0 Å². The lowest BCUT2D eigenvalue weighted by Gasteiger charge is -2.15. The second-order valence-electron chi connectivity index (χ2n) is 4.23. The van der Waals surface area contributed by atoms with Crippen LogP contribution in [-0.4, -0.2) is 18.2 Å². The number of rotatable bonds is 6. The molecule has 1 rings (SSSR count). The van der Waals surface area contributed by atoms with Crippen molar-refractivity contribution in [2.24, 2.45) is 5.73 Å². The van der Waals surface area contributed by atoms with Gasteiger partial charge in [-0.25, -0.2) is 0 Å². The van der Waals surface area contributed by atoms with E-state index in [1.807, 2.05) is 19.1 Å². The molecule has 0 aliphatic carbocycles. The van der Waals surface area contributed by atoms with Crippen molar-refractivity contribution in [3.63, 3.8) is 0 Å².